The van der Waals surface area contributed by atoms with Crippen molar-refractivity contribution in [2.24, 2.45) is 0 Å². The molecule has 0 aliphatic rings. The molecular formula is C21H24N4O. The highest BCUT2D eigenvalue weighted by Crippen LogP contribution is 2.23. The summed E-state index contributed by atoms with van der Waals surface area (Å²) in [5.74, 6) is 0.778. The first-order chi connectivity index (χ1) is 12.6. The number of benzene rings is 1. The van der Waals surface area contributed by atoms with Crippen LogP contribution in [0.2, 0.25) is 0 Å². The predicted molar refractivity (Wildman–Crippen MR) is 103 cm³/mol. The van der Waals surface area contributed by atoms with Crippen LogP contribution < -0.4 is 5.32 Å². The number of carbonyl (C=O) groups excluding carboxylic acids is 1. The minimum absolute atomic E-state index is 0.00764. The second-order valence-electron chi connectivity index (χ2n) is 6.42. The van der Waals surface area contributed by atoms with Gasteiger partial charge in [0.25, 0.3) is 0 Å². The Hall–Kier alpha value is -2.95. The Balaban J connectivity index is 1.71. The zero-order valence-corrected chi connectivity index (χ0v) is 15.4. The van der Waals surface area contributed by atoms with Gasteiger partial charge in [-0.25, -0.2) is 4.98 Å². The molecule has 3 rings (SSSR count). The number of rotatable bonds is 6. The van der Waals surface area contributed by atoms with Crippen LogP contribution in [0.4, 0.5) is 5.69 Å². The highest BCUT2D eigenvalue weighted by molar-refractivity contribution is 5.95. The molecule has 2 atom stereocenters. The van der Waals surface area contributed by atoms with E-state index in [0.29, 0.717) is 0 Å². The molecule has 0 fully saturated rings. The summed E-state index contributed by atoms with van der Waals surface area (Å²) in [6, 6.07) is 12.0. The lowest BCUT2D eigenvalue weighted by molar-refractivity contribution is -0.117. The van der Waals surface area contributed by atoms with Crippen LogP contribution in [-0.2, 0) is 4.79 Å². The standard InChI is InChI=1S/C21H24N4O/c1-4-20(18-6-5-11-22-14-18)21(26)24-19-9-7-17(8-10-19)15(2)25-13-12-23-16(25)3/h5-15,20H,4H2,1-3H3,(H,24,26)/t15-,20-/m0/s1. The first-order valence-electron chi connectivity index (χ1n) is 8.90. The molecule has 26 heavy (non-hydrogen) atoms. The molecule has 2 heterocycles. The van der Waals surface area contributed by atoms with Crippen LogP contribution in [0.15, 0.2) is 61.2 Å². The van der Waals surface area contributed by atoms with Gasteiger partial charge in [-0.3, -0.25) is 9.78 Å². The van der Waals surface area contributed by atoms with Gasteiger partial charge in [-0.15, -0.1) is 0 Å². The van der Waals surface area contributed by atoms with Crippen LogP contribution in [0.3, 0.4) is 0 Å². The second-order valence-corrected chi connectivity index (χ2v) is 6.42. The van der Waals surface area contributed by atoms with E-state index in [2.05, 4.69) is 26.8 Å². The number of hydrogen-bond donors (Lipinski definition) is 1. The molecule has 0 unspecified atom stereocenters. The fourth-order valence-electron chi connectivity index (χ4n) is 3.19. The Kier molecular flexibility index (Phi) is 5.46. The number of pyridine rings is 1. The van der Waals surface area contributed by atoms with E-state index in [1.165, 1.54) is 5.56 Å². The number of carbonyl (C=O) groups is 1. The zero-order valence-electron chi connectivity index (χ0n) is 15.4. The van der Waals surface area contributed by atoms with Gasteiger partial charge in [0.15, 0.2) is 0 Å². The fourth-order valence-corrected chi connectivity index (χ4v) is 3.19. The number of imidazole rings is 1. The molecule has 2 aromatic heterocycles. The summed E-state index contributed by atoms with van der Waals surface area (Å²) in [7, 11) is 0. The van der Waals surface area contributed by atoms with Gasteiger partial charge in [0.1, 0.15) is 5.82 Å². The third-order valence-corrected chi connectivity index (χ3v) is 4.75. The normalized spacial score (nSPS) is 13.2. The van der Waals surface area contributed by atoms with Crippen LogP contribution in [-0.4, -0.2) is 20.4 Å². The summed E-state index contributed by atoms with van der Waals surface area (Å²) in [5, 5.41) is 3.02. The minimum Gasteiger partial charge on any atom is -0.328 e. The molecule has 134 valence electrons. The molecule has 1 N–H and O–H groups in total. The summed E-state index contributed by atoms with van der Waals surface area (Å²) in [5.41, 5.74) is 2.91. The van der Waals surface area contributed by atoms with E-state index in [1.54, 1.807) is 12.4 Å². The lowest BCUT2D eigenvalue weighted by atomic mass is 9.97. The molecule has 1 aromatic carbocycles. The number of hydrogen-bond acceptors (Lipinski definition) is 3. The Bertz CT molecular complexity index is 855. The number of amides is 1. The van der Waals surface area contributed by atoms with E-state index in [1.807, 2.05) is 62.6 Å². The fraction of sp³-hybridized carbons (Fsp3) is 0.286. The predicted octanol–water partition coefficient (Wildman–Crippen LogP) is 4.33. The highest BCUT2D eigenvalue weighted by atomic mass is 16.1. The maximum absolute atomic E-state index is 12.6. The summed E-state index contributed by atoms with van der Waals surface area (Å²) < 4.78 is 2.13. The lowest BCUT2D eigenvalue weighted by Crippen LogP contribution is -2.20. The summed E-state index contributed by atoms with van der Waals surface area (Å²) in [4.78, 5) is 21.0. The van der Waals surface area contributed by atoms with Gasteiger partial charge in [-0.1, -0.05) is 25.1 Å². The van der Waals surface area contributed by atoms with Crippen molar-refractivity contribution in [1.82, 2.24) is 14.5 Å². The van der Waals surface area contributed by atoms with Gasteiger partial charge in [-0.05, 0) is 49.6 Å². The number of aromatic nitrogens is 3. The van der Waals surface area contributed by atoms with Gasteiger partial charge in [-0.2, -0.15) is 0 Å². The Labute approximate surface area is 154 Å². The third kappa shape index (κ3) is 3.82. The summed E-state index contributed by atoms with van der Waals surface area (Å²) >= 11 is 0. The molecule has 0 radical (unpaired) electrons. The van der Waals surface area contributed by atoms with E-state index in [-0.39, 0.29) is 17.9 Å². The molecule has 0 saturated carbocycles. The minimum atomic E-state index is -0.198. The largest absolute Gasteiger partial charge is 0.328 e. The van der Waals surface area contributed by atoms with E-state index in [9.17, 15) is 4.79 Å². The van der Waals surface area contributed by atoms with Crippen molar-refractivity contribution >= 4 is 11.6 Å². The first kappa shape index (κ1) is 17.9. The van der Waals surface area contributed by atoms with Crippen molar-refractivity contribution in [1.29, 1.82) is 0 Å². The summed E-state index contributed by atoms with van der Waals surface area (Å²) in [6.45, 7) is 6.14. The number of anilines is 1. The Morgan fingerprint density at radius 2 is 1.92 bits per heavy atom. The number of nitrogens with one attached hydrogen (secondary N) is 1. The van der Waals surface area contributed by atoms with Crippen LogP contribution in [0, 0.1) is 6.92 Å². The Morgan fingerprint density at radius 1 is 1.15 bits per heavy atom. The van der Waals surface area contributed by atoms with Gasteiger partial charge in [0.2, 0.25) is 5.91 Å². The van der Waals surface area contributed by atoms with Crippen molar-refractivity contribution < 1.29 is 4.79 Å². The van der Waals surface area contributed by atoms with Crippen LogP contribution in [0.25, 0.3) is 0 Å². The van der Waals surface area contributed by atoms with Gasteiger partial charge < -0.3 is 9.88 Å². The van der Waals surface area contributed by atoms with Crippen molar-refractivity contribution in [3.05, 3.63) is 78.1 Å². The van der Waals surface area contributed by atoms with Crippen molar-refractivity contribution in [2.45, 2.75) is 39.2 Å². The van der Waals surface area contributed by atoms with E-state index < -0.39 is 0 Å². The molecule has 5 heteroatoms. The molecule has 3 aromatic rings. The Morgan fingerprint density at radius 3 is 2.50 bits per heavy atom. The summed E-state index contributed by atoms with van der Waals surface area (Å²) in [6.07, 6.45) is 7.99. The molecular weight excluding hydrogens is 324 g/mol. The number of nitrogens with zero attached hydrogens (tertiary/aromatic N) is 3. The second kappa shape index (κ2) is 7.95. The first-order valence-corrected chi connectivity index (χ1v) is 8.90. The molecule has 0 aliphatic heterocycles. The quantitative estimate of drug-likeness (QED) is 0.721. The lowest BCUT2D eigenvalue weighted by Gasteiger charge is -2.17. The van der Waals surface area contributed by atoms with E-state index in [4.69, 9.17) is 0 Å². The monoisotopic (exact) mass is 348 g/mol. The molecule has 0 bridgehead atoms. The SMILES string of the molecule is CC[C@H](C(=O)Nc1ccc([C@H](C)n2ccnc2C)cc1)c1cccnc1. The molecule has 0 spiro atoms. The van der Waals surface area contributed by atoms with Crippen LogP contribution >= 0.6 is 0 Å². The van der Waals surface area contributed by atoms with Crippen molar-refractivity contribution in [3.63, 3.8) is 0 Å². The smallest absolute Gasteiger partial charge is 0.231 e. The number of aryl methyl sites for hydroxylation is 1. The molecule has 0 saturated heterocycles. The third-order valence-electron chi connectivity index (χ3n) is 4.75. The average molecular weight is 348 g/mol. The van der Waals surface area contributed by atoms with E-state index >= 15 is 0 Å². The average Bonchev–Trinajstić information content (AvgIpc) is 3.09. The highest BCUT2D eigenvalue weighted by Gasteiger charge is 2.19. The van der Waals surface area contributed by atoms with Crippen molar-refractivity contribution in [3.8, 4) is 0 Å². The molecule has 5 nitrogen and oxygen atoms in total. The van der Waals surface area contributed by atoms with Crippen LogP contribution in [0.1, 0.15) is 49.2 Å². The maximum Gasteiger partial charge on any atom is 0.231 e. The topological polar surface area (TPSA) is 59.8 Å². The van der Waals surface area contributed by atoms with E-state index in [0.717, 1.165) is 23.5 Å². The van der Waals surface area contributed by atoms with Crippen molar-refractivity contribution in [2.75, 3.05) is 5.32 Å². The van der Waals surface area contributed by atoms with Gasteiger partial charge >= 0.3 is 0 Å². The molecule has 0 aliphatic carbocycles. The maximum atomic E-state index is 12.6. The van der Waals surface area contributed by atoms with Gasteiger partial charge in [0, 0.05) is 30.5 Å². The zero-order chi connectivity index (χ0) is 18.5. The van der Waals surface area contributed by atoms with Gasteiger partial charge in [0.05, 0.1) is 12.0 Å². The van der Waals surface area contributed by atoms with Crippen LogP contribution in [0.5, 0.6) is 0 Å². The molecule has 1 amide bonds.